The minimum Gasteiger partial charge on any atom is -0.349 e. The summed E-state index contributed by atoms with van der Waals surface area (Å²) in [6.45, 7) is 6.18. The highest BCUT2D eigenvalue weighted by Crippen LogP contribution is 2.30. The molecule has 1 saturated carbocycles. The Labute approximate surface area is 202 Å². The summed E-state index contributed by atoms with van der Waals surface area (Å²) in [4.78, 5) is 43.5. The Morgan fingerprint density at radius 2 is 1.53 bits per heavy atom. The van der Waals surface area contributed by atoms with Crippen LogP contribution in [-0.4, -0.2) is 52.4 Å². The normalized spacial score (nSPS) is 17.2. The minimum atomic E-state index is -0.428. The molecule has 0 N–H and O–H groups in total. The number of carbonyl (C=O) groups is 2. The Hall–Kier alpha value is -2.89. The molecular formula is C28H37N3O3. The third-order valence-electron chi connectivity index (χ3n) is 7.57. The summed E-state index contributed by atoms with van der Waals surface area (Å²) < 4.78 is 1.97. The van der Waals surface area contributed by atoms with Gasteiger partial charge in [0.15, 0.2) is 0 Å². The average molecular weight is 464 g/mol. The lowest BCUT2D eigenvalue weighted by Crippen LogP contribution is -2.42. The van der Waals surface area contributed by atoms with Crippen LogP contribution in [0.2, 0.25) is 0 Å². The Morgan fingerprint density at radius 1 is 0.912 bits per heavy atom. The molecule has 0 unspecified atom stereocenters. The molecule has 6 nitrogen and oxygen atoms in total. The number of amides is 2. The van der Waals surface area contributed by atoms with E-state index in [9.17, 15) is 14.4 Å². The van der Waals surface area contributed by atoms with Crippen LogP contribution >= 0.6 is 0 Å². The monoisotopic (exact) mass is 463 g/mol. The van der Waals surface area contributed by atoms with Crippen LogP contribution in [-0.2, 0) is 6.42 Å². The second-order valence-electron chi connectivity index (χ2n) is 9.70. The van der Waals surface area contributed by atoms with Crippen molar-refractivity contribution >= 4 is 11.8 Å². The summed E-state index contributed by atoms with van der Waals surface area (Å²) in [5.74, 6) is 0.0271. The number of likely N-dealkylation sites (tertiary alicyclic amines) is 1. The van der Waals surface area contributed by atoms with Crippen molar-refractivity contribution in [2.24, 2.45) is 5.92 Å². The van der Waals surface area contributed by atoms with Crippen LogP contribution in [0.5, 0.6) is 0 Å². The van der Waals surface area contributed by atoms with Crippen LogP contribution in [0.15, 0.2) is 47.5 Å². The van der Waals surface area contributed by atoms with Crippen molar-refractivity contribution in [3.05, 3.63) is 69.6 Å². The van der Waals surface area contributed by atoms with Gasteiger partial charge in [0.2, 0.25) is 5.43 Å². The van der Waals surface area contributed by atoms with Gasteiger partial charge in [0, 0.05) is 44.6 Å². The van der Waals surface area contributed by atoms with Crippen LogP contribution in [0.4, 0.5) is 0 Å². The molecule has 1 aliphatic carbocycles. The zero-order valence-electron chi connectivity index (χ0n) is 20.5. The first-order chi connectivity index (χ1) is 16.5. The zero-order valence-corrected chi connectivity index (χ0v) is 20.5. The fraction of sp³-hybridized carbons (Fsp3) is 0.536. The van der Waals surface area contributed by atoms with Crippen molar-refractivity contribution in [2.45, 2.75) is 64.8 Å². The van der Waals surface area contributed by atoms with Crippen LogP contribution in [0, 0.1) is 5.92 Å². The number of piperidine rings is 1. The molecule has 2 aliphatic rings. The van der Waals surface area contributed by atoms with E-state index in [0.717, 1.165) is 44.9 Å². The highest BCUT2D eigenvalue weighted by molar-refractivity contribution is 5.99. The first-order valence-electron chi connectivity index (χ1n) is 12.9. The first-order valence-corrected chi connectivity index (χ1v) is 12.9. The quantitative estimate of drug-likeness (QED) is 0.606. The topological polar surface area (TPSA) is 62.6 Å². The van der Waals surface area contributed by atoms with Crippen molar-refractivity contribution in [3.63, 3.8) is 0 Å². The van der Waals surface area contributed by atoms with Gasteiger partial charge in [-0.25, -0.2) is 0 Å². The fourth-order valence-corrected chi connectivity index (χ4v) is 5.45. The standard InChI is InChI=1S/C28H37N3O3/c1-3-29(4-2)27(33)24-19-31(23-12-8-9-13-23)20-25(26(24)32)28(34)30-16-14-22(15-17-30)18-21-10-6-5-7-11-21/h5-7,10-11,19-20,22-23H,3-4,8-9,12-18H2,1-2H3. The van der Waals surface area contributed by atoms with Gasteiger partial charge in [-0.2, -0.15) is 0 Å². The number of carbonyl (C=O) groups excluding carboxylic acids is 2. The van der Waals surface area contributed by atoms with Crippen LogP contribution < -0.4 is 5.43 Å². The maximum atomic E-state index is 13.5. The molecule has 6 heteroatoms. The lowest BCUT2D eigenvalue weighted by Gasteiger charge is -2.32. The molecule has 2 amide bonds. The summed E-state index contributed by atoms with van der Waals surface area (Å²) in [7, 11) is 0. The third kappa shape index (κ3) is 5.26. The zero-order chi connectivity index (χ0) is 24.1. The number of pyridine rings is 1. The minimum absolute atomic E-state index is 0.125. The second-order valence-corrected chi connectivity index (χ2v) is 9.70. The van der Waals surface area contributed by atoms with Gasteiger partial charge in [-0.15, -0.1) is 0 Å². The number of rotatable bonds is 7. The maximum Gasteiger partial charge on any atom is 0.259 e. The third-order valence-corrected chi connectivity index (χ3v) is 7.57. The Morgan fingerprint density at radius 3 is 2.15 bits per heavy atom. The highest BCUT2D eigenvalue weighted by Gasteiger charge is 2.29. The molecule has 2 fully saturated rings. The van der Waals surface area contributed by atoms with Crippen molar-refractivity contribution in [1.82, 2.24) is 14.4 Å². The predicted molar refractivity (Wildman–Crippen MR) is 134 cm³/mol. The van der Waals surface area contributed by atoms with Gasteiger partial charge in [0.1, 0.15) is 11.1 Å². The van der Waals surface area contributed by atoms with Crippen molar-refractivity contribution in [2.75, 3.05) is 26.2 Å². The van der Waals surface area contributed by atoms with Gasteiger partial charge >= 0.3 is 0 Å². The molecule has 1 aliphatic heterocycles. The van der Waals surface area contributed by atoms with E-state index >= 15 is 0 Å². The molecular weight excluding hydrogens is 426 g/mol. The number of nitrogens with zero attached hydrogens (tertiary/aromatic N) is 3. The van der Waals surface area contributed by atoms with Crippen molar-refractivity contribution in [1.29, 1.82) is 0 Å². The molecule has 0 radical (unpaired) electrons. The lowest BCUT2D eigenvalue weighted by atomic mass is 9.90. The molecule has 4 rings (SSSR count). The molecule has 1 aromatic heterocycles. The van der Waals surface area contributed by atoms with E-state index in [-0.39, 0.29) is 29.0 Å². The molecule has 0 atom stereocenters. The molecule has 0 spiro atoms. The summed E-state index contributed by atoms with van der Waals surface area (Å²) in [6.07, 6.45) is 10.6. The SMILES string of the molecule is CCN(CC)C(=O)c1cn(C2CCCC2)cc(C(=O)N2CCC(Cc3ccccc3)CC2)c1=O. The summed E-state index contributed by atoms with van der Waals surface area (Å²) in [6, 6.07) is 10.7. The number of aromatic nitrogens is 1. The van der Waals surface area contributed by atoms with Crippen LogP contribution in [0.3, 0.4) is 0 Å². The summed E-state index contributed by atoms with van der Waals surface area (Å²) in [5, 5.41) is 0. The van der Waals surface area contributed by atoms with Crippen LogP contribution in [0.1, 0.15) is 84.7 Å². The van der Waals surface area contributed by atoms with Gasteiger partial charge in [-0.3, -0.25) is 14.4 Å². The lowest BCUT2D eigenvalue weighted by molar-refractivity contribution is 0.0688. The summed E-state index contributed by atoms with van der Waals surface area (Å²) >= 11 is 0. The Bertz CT molecular complexity index is 1040. The smallest absolute Gasteiger partial charge is 0.259 e. The van der Waals surface area contributed by atoms with E-state index in [4.69, 9.17) is 0 Å². The van der Waals surface area contributed by atoms with Gasteiger partial charge in [0.25, 0.3) is 11.8 Å². The van der Waals surface area contributed by atoms with Gasteiger partial charge in [-0.05, 0) is 57.4 Å². The van der Waals surface area contributed by atoms with E-state index in [1.807, 2.05) is 29.4 Å². The van der Waals surface area contributed by atoms with Crippen LogP contribution in [0.25, 0.3) is 0 Å². The van der Waals surface area contributed by atoms with Crippen molar-refractivity contribution in [3.8, 4) is 0 Å². The van der Waals surface area contributed by atoms with Crippen molar-refractivity contribution < 1.29 is 9.59 Å². The summed E-state index contributed by atoms with van der Waals surface area (Å²) in [5.41, 5.74) is 1.17. The predicted octanol–water partition coefficient (Wildman–Crippen LogP) is 4.54. The average Bonchev–Trinajstić information content (AvgIpc) is 3.41. The van der Waals surface area contributed by atoms with Gasteiger partial charge in [-0.1, -0.05) is 43.2 Å². The van der Waals surface area contributed by atoms with E-state index in [2.05, 4.69) is 24.3 Å². The number of hydrogen-bond acceptors (Lipinski definition) is 3. The Kier molecular flexibility index (Phi) is 7.86. The van der Waals surface area contributed by atoms with Gasteiger partial charge < -0.3 is 14.4 Å². The Balaban J connectivity index is 1.55. The molecule has 2 aromatic rings. The number of hydrogen-bond donors (Lipinski definition) is 0. The second kappa shape index (κ2) is 11.0. The van der Waals surface area contributed by atoms with Gasteiger partial charge in [0.05, 0.1) is 0 Å². The number of benzene rings is 1. The van der Waals surface area contributed by atoms with E-state index in [0.29, 0.717) is 32.1 Å². The first kappa shape index (κ1) is 24.2. The van der Waals surface area contributed by atoms with E-state index in [1.165, 1.54) is 5.56 Å². The molecule has 34 heavy (non-hydrogen) atoms. The maximum absolute atomic E-state index is 13.5. The highest BCUT2D eigenvalue weighted by atomic mass is 16.2. The van der Waals surface area contributed by atoms with E-state index < -0.39 is 5.43 Å². The molecule has 182 valence electrons. The molecule has 1 saturated heterocycles. The molecule has 0 bridgehead atoms. The fourth-order valence-electron chi connectivity index (χ4n) is 5.45. The van der Waals surface area contributed by atoms with E-state index in [1.54, 1.807) is 17.3 Å². The molecule has 1 aromatic carbocycles. The largest absolute Gasteiger partial charge is 0.349 e. The molecule has 2 heterocycles.